The fraction of sp³-hybridized carbons (Fsp3) is 0.625. The summed E-state index contributed by atoms with van der Waals surface area (Å²) < 4.78 is 3.62. The van der Waals surface area contributed by atoms with Crippen LogP contribution in [0.5, 0.6) is 0 Å². The van der Waals surface area contributed by atoms with Gasteiger partial charge >= 0.3 is 0 Å². The lowest BCUT2D eigenvalue weighted by atomic mass is 10.1. The van der Waals surface area contributed by atoms with Gasteiger partial charge in [-0.3, -0.25) is 9.48 Å². The molecule has 1 atom stereocenters. The molecule has 1 unspecified atom stereocenters. The monoisotopic (exact) mass is 167 g/mol. The number of hydrogen-bond donors (Lipinski definition) is 1. The molecule has 0 spiro atoms. The third-order valence-corrected chi connectivity index (χ3v) is 2.46. The zero-order chi connectivity index (χ0) is 8.72. The Morgan fingerprint density at radius 3 is 3.08 bits per heavy atom. The van der Waals surface area contributed by atoms with Crippen LogP contribution in [0.4, 0.5) is 5.82 Å². The van der Waals surface area contributed by atoms with E-state index >= 15 is 0 Å². The second-order valence-electron chi connectivity index (χ2n) is 3.37. The summed E-state index contributed by atoms with van der Waals surface area (Å²) in [6.45, 7) is 2.93. The molecule has 0 saturated heterocycles. The summed E-state index contributed by atoms with van der Waals surface area (Å²) >= 11 is 0. The molecule has 0 aliphatic carbocycles. The molecule has 4 heteroatoms. The molecule has 0 amide bonds. The van der Waals surface area contributed by atoms with E-state index in [4.69, 9.17) is 5.73 Å². The average Bonchev–Trinajstić information content (AvgIpc) is 2.29. The molecule has 2 heterocycles. The highest BCUT2D eigenvalue weighted by molar-refractivity contribution is 5.27. The molecule has 0 fully saturated rings. The normalized spacial score (nSPS) is 22.2. The van der Waals surface area contributed by atoms with E-state index in [1.165, 1.54) is 6.07 Å². The Labute approximate surface area is 70.6 Å². The lowest BCUT2D eigenvalue weighted by Gasteiger charge is -2.24. The predicted octanol–water partition coefficient (Wildman–Crippen LogP) is 0.587. The zero-order valence-electron chi connectivity index (χ0n) is 7.16. The number of nitrogen functional groups attached to an aromatic ring is 1. The Balaban J connectivity index is 2.63. The highest BCUT2D eigenvalue weighted by atomic mass is 16.1. The predicted molar refractivity (Wildman–Crippen MR) is 47.0 cm³/mol. The molecule has 2 rings (SSSR count). The molecule has 1 aromatic heterocycles. The van der Waals surface area contributed by atoms with Crippen LogP contribution in [0, 0.1) is 0 Å². The van der Waals surface area contributed by atoms with E-state index in [1.807, 2.05) is 4.68 Å². The van der Waals surface area contributed by atoms with E-state index in [9.17, 15) is 4.79 Å². The Bertz CT molecular complexity index is 350. The Kier molecular flexibility index (Phi) is 1.49. The first-order chi connectivity index (χ1) is 5.70. The summed E-state index contributed by atoms with van der Waals surface area (Å²) in [7, 11) is 0. The number of fused-ring (bicyclic) bond motifs is 1. The van der Waals surface area contributed by atoms with Crippen LogP contribution >= 0.6 is 0 Å². The quantitative estimate of drug-likeness (QED) is 0.614. The van der Waals surface area contributed by atoms with E-state index in [-0.39, 0.29) is 5.56 Å². The van der Waals surface area contributed by atoms with Gasteiger partial charge < -0.3 is 5.73 Å². The maximum absolute atomic E-state index is 11.4. The summed E-state index contributed by atoms with van der Waals surface area (Å²) in [5.41, 5.74) is 5.69. The number of rotatable bonds is 0. The van der Waals surface area contributed by atoms with Crippen LogP contribution in [0.25, 0.3) is 0 Å². The first-order valence-electron chi connectivity index (χ1n) is 4.28. The molecule has 1 aromatic rings. The first-order valence-corrected chi connectivity index (χ1v) is 4.28. The largest absolute Gasteiger partial charge is 0.384 e. The highest BCUT2D eigenvalue weighted by Gasteiger charge is 2.18. The van der Waals surface area contributed by atoms with Crippen LogP contribution in [0.15, 0.2) is 10.9 Å². The molecule has 0 saturated carbocycles. The second-order valence-corrected chi connectivity index (χ2v) is 3.37. The fourth-order valence-corrected chi connectivity index (χ4v) is 1.86. The van der Waals surface area contributed by atoms with Crippen molar-refractivity contribution in [1.82, 2.24) is 9.36 Å². The zero-order valence-corrected chi connectivity index (χ0v) is 7.16. The van der Waals surface area contributed by atoms with Gasteiger partial charge in [-0.25, -0.2) is 4.68 Å². The number of nitrogens with zero attached hydrogens (tertiary/aromatic N) is 2. The number of aromatic nitrogens is 2. The van der Waals surface area contributed by atoms with Gasteiger partial charge in [0.15, 0.2) is 0 Å². The minimum Gasteiger partial charge on any atom is -0.384 e. The summed E-state index contributed by atoms with van der Waals surface area (Å²) in [4.78, 5) is 11.4. The van der Waals surface area contributed by atoms with Gasteiger partial charge in [0.05, 0.1) is 6.04 Å². The van der Waals surface area contributed by atoms with Crippen molar-refractivity contribution < 1.29 is 0 Å². The van der Waals surface area contributed by atoms with Crippen molar-refractivity contribution >= 4 is 5.82 Å². The van der Waals surface area contributed by atoms with Crippen molar-refractivity contribution in [1.29, 1.82) is 0 Å². The Morgan fingerprint density at radius 1 is 1.67 bits per heavy atom. The van der Waals surface area contributed by atoms with Crippen LogP contribution in [0.2, 0.25) is 0 Å². The molecule has 0 bridgehead atoms. The number of nitrogens with two attached hydrogens (primary N) is 1. The maximum Gasteiger partial charge on any atom is 0.269 e. The van der Waals surface area contributed by atoms with Crippen molar-refractivity contribution in [3.63, 3.8) is 0 Å². The molecule has 2 N–H and O–H groups in total. The molecule has 12 heavy (non-hydrogen) atoms. The van der Waals surface area contributed by atoms with Crippen LogP contribution in [0.1, 0.15) is 25.8 Å². The van der Waals surface area contributed by atoms with E-state index < -0.39 is 0 Å². The van der Waals surface area contributed by atoms with Gasteiger partial charge in [0, 0.05) is 12.6 Å². The molecule has 1 aliphatic rings. The van der Waals surface area contributed by atoms with Gasteiger partial charge in [0.25, 0.3) is 5.56 Å². The summed E-state index contributed by atoms with van der Waals surface area (Å²) in [6, 6.07) is 1.80. The highest BCUT2D eigenvalue weighted by Crippen LogP contribution is 2.19. The summed E-state index contributed by atoms with van der Waals surface area (Å²) in [5, 5.41) is 0. The van der Waals surface area contributed by atoms with Gasteiger partial charge in [-0.2, -0.15) is 0 Å². The first kappa shape index (κ1) is 7.46. The third kappa shape index (κ3) is 0.873. The van der Waals surface area contributed by atoms with Crippen molar-refractivity contribution in [2.75, 3.05) is 5.73 Å². The van der Waals surface area contributed by atoms with Crippen molar-refractivity contribution in [2.45, 2.75) is 32.4 Å². The molecular weight excluding hydrogens is 154 g/mol. The van der Waals surface area contributed by atoms with Gasteiger partial charge in [-0.15, -0.1) is 0 Å². The molecule has 4 nitrogen and oxygen atoms in total. The Morgan fingerprint density at radius 2 is 2.42 bits per heavy atom. The van der Waals surface area contributed by atoms with Crippen molar-refractivity contribution in [3.8, 4) is 0 Å². The number of anilines is 1. The van der Waals surface area contributed by atoms with Crippen LogP contribution < -0.4 is 11.3 Å². The van der Waals surface area contributed by atoms with E-state index in [0.29, 0.717) is 11.9 Å². The topological polar surface area (TPSA) is 52.9 Å². The third-order valence-electron chi connectivity index (χ3n) is 2.46. The fourth-order valence-electron chi connectivity index (χ4n) is 1.86. The standard InChI is InChI=1S/C8H13N3O/c1-6-3-2-4-10-7(9)5-8(12)11(6)10/h5-6H,2-4,9H2,1H3. The second kappa shape index (κ2) is 2.40. The van der Waals surface area contributed by atoms with Gasteiger partial charge in [-0.05, 0) is 19.8 Å². The molecule has 66 valence electrons. The molecule has 0 radical (unpaired) electrons. The van der Waals surface area contributed by atoms with E-state index in [1.54, 1.807) is 4.68 Å². The average molecular weight is 167 g/mol. The van der Waals surface area contributed by atoms with Crippen molar-refractivity contribution in [2.24, 2.45) is 0 Å². The van der Waals surface area contributed by atoms with Gasteiger partial charge in [-0.1, -0.05) is 0 Å². The molecule has 1 aliphatic heterocycles. The molecule has 0 aromatic carbocycles. The van der Waals surface area contributed by atoms with E-state index in [2.05, 4.69) is 6.92 Å². The Hall–Kier alpha value is -1.19. The van der Waals surface area contributed by atoms with Crippen LogP contribution in [0.3, 0.4) is 0 Å². The summed E-state index contributed by atoms with van der Waals surface area (Å²) in [6.07, 6.45) is 2.18. The van der Waals surface area contributed by atoms with Gasteiger partial charge in [0.2, 0.25) is 0 Å². The smallest absolute Gasteiger partial charge is 0.269 e. The summed E-state index contributed by atoms with van der Waals surface area (Å²) in [5.74, 6) is 0.589. The minimum atomic E-state index is 0.0275. The lowest BCUT2D eigenvalue weighted by molar-refractivity contribution is 0.297. The minimum absolute atomic E-state index is 0.0275. The lowest BCUT2D eigenvalue weighted by Crippen LogP contribution is -2.30. The van der Waals surface area contributed by atoms with E-state index in [0.717, 1.165) is 19.4 Å². The van der Waals surface area contributed by atoms with Crippen molar-refractivity contribution in [3.05, 3.63) is 16.4 Å². The molecular formula is C8H13N3O. The maximum atomic E-state index is 11.4. The number of hydrogen-bond acceptors (Lipinski definition) is 2. The van der Waals surface area contributed by atoms with Gasteiger partial charge in [0.1, 0.15) is 5.82 Å². The SMILES string of the molecule is CC1CCCn2c(N)cc(=O)n21. The van der Waals surface area contributed by atoms with Crippen LogP contribution in [-0.4, -0.2) is 9.36 Å². The van der Waals surface area contributed by atoms with Crippen LogP contribution in [-0.2, 0) is 6.54 Å².